The molecule has 0 aliphatic carbocycles. The molecule has 0 aliphatic heterocycles. The van der Waals surface area contributed by atoms with Gasteiger partial charge in [0.25, 0.3) is 0 Å². The van der Waals surface area contributed by atoms with Crippen LogP contribution in [0.1, 0.15) is 32.6 Å². The van der Waals surface area contributed by atoms with E-state index in [1.807, 2.05) is 44.2 Å². The highest BCUT2D eigenvalue weighted by molar-refractivity contribution is 6.32. The Bertz CT molecular complexity index is 1100. The summed E-state index contributed by atoms with van der Waals surface area (Å²) in [5.74, 6) is 2.02. The highest BCUT2D eigenvalue weighted by atomic mass is 35.5. The molecule has 0 radical (unpaired) electrons. The Morgan fingerprint density at radius 2 is 1.68 bits per heavy atom. The van der Waals surface area contributed by atoms with Gasteiger partial charge in [0.2, 0.25) is 0 Å². The number of benzene rings is 3. The molecule has 0 heterocycles. The molecule has 0 spiro atoms. The SMILES string of the molecule is COc1cccc(C(=O)/C=C/c2ccc(OC)c(COc3cc(C)c(Cl)c(C)c3)c2)c1. The maximum atomic E-state index is 12.5. The van der Waals surface area contributed by atoms with Gasteiger partial charge in [-0.05, 0) is 73.0 Å². The van der Waals surface area contributed by atoms with Crippen molar-refractivity contribution in [3.8, 4) is 17.2 Å². The quantitative estimate of drug-likeness (QED) is 0.300. The van der Waals surface area contributed by atoms with Gasteiger partial charge in [0.1, 0.15) is 23.9 Å². The fourth-order valence-corrected chi connectivity index (χ4v) is 3.32. The van der Waals surface area contributed by atoms with Gasteiger partial charge in [0.05, 0.1) is 14.2 Å². The van der Waals surface area contributed by atoms with Crippen molar-refractivity contribution in [2.75, 3.05) is 14.2 Å². The van der Waals surface area contributed by atoms with Gasteiger partial charge in [-0.25, -0.2) is 0 Å². The Morgan fingerprint density at radius 3 is 2.35 bits per heavy atom. The Balaban J connectivity index is 1.77. The lowest BCUT2D eigenvalue weighted by Gasteiger charge is -2.13. The van der Waals surface area contributed by atoms with Crippen LogP contribution in [0, 0.1) is 13.8 Å². The first kappa shape index (κ1) is 22.4. The van der Waals surface area contributed by atoms with Crippen molar-refractivity contribution in [2.45, 2.75) is 20.5 Å². The molecule has 4 nitrogen and oxygen atoms in total. The largest absolute Gasteiger partial charge is 0.497 e. The van der Waals surface area contributed by atoms with Crippen LogP contribution in [0.2, 0.25) is 5.02 Å². The van der Waals surface area contributed by atoms with E-state index < -0.39 is 0 Å². The van der Waals surface area contributed by atoms with Crippen molar-refractivity contribution >= 4 is 23.5 Å². The monoisotopic (exact) mass is 436 g/mol. The summed E-state index contributed by atoms with van der Waals surface area (Å²) < 4.78 is 16.6. The van der Waals surface area contributed by atoms with Gasteiger partial charge in [-0.2, -0.15) is 0 Å². The first-order chi connectivity index (χ1) is 14.9. The molecule has 3 rings (SSSR count). The summed E-state index contributed by atoms with van der Waals surface area (Å²) in [6, 6.07) is 16.6. The van der Waals surface area contributed by atoms with Gasteiger partial charge in [0, 0.05) is 16.1 Å². The van der Waals surface area contributed by atoms with Crippen LogP contribution in [-0.4, -0.2) is 20.0 Å². The number of allylic oxidation sites excluding steroid dienone is 1. The summed E-state index contributed by atoms with van der Waals surface area (Å²) in [7, 11) is 3.20. The number of hydrogen-bond donors (Lipinski definition) is 0. The van der Waals surface area contributed by atoms with E-state index in [2.05, 4.69) is 0 Å². The van der Waals surface area contributed by atoms with Crippen LogP contribution in [-0.2, 0) is 6.61 Å². The highest BCUT2D eigenvalue weighted by Crippen LogP contribution is 2.28. The Labute approximate surface area is 188 Å². The molecule has 0 saturated carbocycles. The van der Waals surface area contributed by atoms with Crippen LogP contribution in [0.25, 0.3) is 6.08 Å². The van der Waals surface area contributed by atoms with Crippen molar-refractivity contribution in [3.05, 3.63) is 93.5 Å². The maximum Gasteiger partial charge on any atom is 0.185 e. The van der Waals surface area contributed by atoms with Crippen molar-refractivity contribution in [1.82, 2.24) is 0 Å². The zero-order valence-corrected chi connectivity index (χ0v) is 18.8. The number of methoxy groups -OCH3 is 2. The average molecular weight is 437 g/mol. The maximum absolute atomic E-state index is 12.5. The molecule has 0 aliphatic rings. The minimum Gasteiger partial charge on any atom is -0.497 e. The van der Waals surface area contributed by atoms with Gasteiger partial charge >= 0.3 is 0 Å². The van der Waals surface area contributed by atoms with E-state index in [9.17, 15) is 4.79 Å². The lowest BCUT2D eigenvalue weighted by Crippen LogP contribution is -2.00. The minimum absolute atomic E-state index is 0.0976. The van der Waals surface area contributed by atoms with Gasteiger partial charge < -0.3 is 14.2 Å². The number of aryl methyl sites for hydroxylation is 2. The molecular weight excluding hydrogens is 412 g/mol. The molecule has 3 aromatic rings. The minimum atomic E-state index is -0.0976. The number of carbonyl (C=O) groups excluding carboxylic acids is 1. The molecule has 3 aromatic carbocycles. The van der Waals surface area contributed by atoms with E-state index in [1.165, 1.54) is 0 Å². The molecule has 0 amide bonds. The summed E-state index contributed by atoms with van der Waals surface area (Å²) in [6.07, 6.45) is 3.33. The van der Waals surface area contributed by atoms with Crippen LogP contribution < -0.4 is 14.2 Å². The molecule has 0 bridgehead atoms. The third-order valence-electron chi connectivity index (χ3n) is 4.89. The van der Waals surface area contributed by atoms with Crippen LogP contribution in [0.15, 0.2) is 60.7 Å². The summed E-state index contributed by atoms with van der Waals surface area (Å²) in [5.41, 5.74) is 4.26. The van der Waals surface area contributed by atoms with E-state index >= 15 is 0 Å². The number of halogens is 1. The second-order valence-electron chi connectivity index (χ2n) is 7.16. The zero-order valence-electron chi connectivity index (χ0n) is 18.1. The highest BCUT2D eigenvalue weighted by Gasteiger charge is 2.08. The van der Waals surface area contributed by atoms with Crippen molar-refractivity contribution in [1.29, 1.82) is 0 Å². The fourth-order valence-electron chi connectivity index (χ4n) is 3.21. The fraction of sp³-hybridized carbons (Fsp3) is 0.192. The lowest BCUT2D eigenvalue weighted by molar-refractivity contribution is 0.104. The molecule has 0 fully saturated rings. The van der Waals surface area contributed by atoms with Gasteiger partial charge in [-0.15, -0.1) is 0 Å². The van der Waals surface area contributed by atoms with E-state index in [4.69, 9.17) is 25.8 Å². The molecule has 0 saturated heterocycles. The Kier molecular flexibility index (Phi) is 7.37. The molecule has 0 atom stereocenters. The normalized spacial score (nSPS) is 10.9. The summed E-state index contributed by atoms with van der Waals surface area (Å²) in [4.78, 5) is 12.5. The van der Waals surface area contributed by atoms with Gasteiger partial charge in [-0.3, -0.25) is 4.79 Å². The second kappa shape index (κ2) is 10.2. The zero-order chi connectivity index (χ0) is 22.4. The first-order valence-electron chi connectivity index (χ1n) is 9.84. The number of ketones is 1. The van der Waals surface area contributed by atoms with Gasteiger partial charge in [0.15, 0.2) is 5.78 Å². The number of hydrogen-bond acceptors (Lipinski definition) is 4. The van der Waals surface area contributed by atoms with Crippen LogP contribution >= 0.6 is 11.6 Å². The smallest absolute Gasteiger partial charge is 0.185 e. The summed E-state index contributed by atoms with van der Waals surface area (Å²) >= 11 is 6.24. The standard InChI is InChI=1S/C26H25ClO4/c1-17-12-23(13-18(2)26(17)27)31-16-21-14-19(9-11-25(21)30-4)8-10-24(28)20-6-5-7-22(15-20)29-3/h5-15H,16H2,1-4H3/b10-8+. The van der Waals surface area contributed by atoms with Crippen molar-refractivity contribution in [2.24, 2.45) is 0 Å². The predicted octanol–water partition coefficient (Wildman–Crippen LogP) is 6.45. The topological polar surface area (TPSA) is 44.8 Å². The molecule has 160 valence electrons. The summed E-state index contributed by atoms with van der Waals surface area (Å²) in [6.45, 7) is 4.23. The predicted molar refractivity (Wildman–Crippen MR) is 125 cm³/mol. The van der Waals surface area contributed by atoms with Crippen LogP contribution in [0.3, 0.4) is 0 Å². The Hall–Kier alpha value is -3.24. The third-order valence-corrected chi connectivity index (χ3v) is 5.49. The van der Waals surface area contributed by atoms with Crippen molar-refractivity contribution < 1.29 is 19.0 Å². The van der Waals surface area contributed by atoms with E-state index in [1.54, 1.807) is 50.6 Å². The van der Waals surface area contributed by atoms with Gasteiger partial charge in [-0.1, -0.05) is 35.9 Å². The first-order valence-corrected chi connectivity index (χ1v) is 10.2. The van der Waals surface area contributed by atoms with E-state index in [0.717, 1.165) is 38.8 Å². The second-order valence-corrected chi connectivity index (χ2v) is 7.54. The lowest BCUT2D eigenvalue weighted by atomic mass is 10.1. The molecule has 0 aromatic heterocycles. The molecule has 31 heavy (non-hydrogen) atoms. The van der Waals surface area contributed by atoms with Crippen molar-refractivity contribution in [3.63, 3.8) is 0 Å². The third kappa shape index (κ3) is 5.68. The Morgan fingerprint density at radius 1 is 0.935 bits per heavy atom. The average Bonchev–Trinajstić information content (AvgIpc) is 2.79. The van der Waals surface area contributed by atoms with Crippen LogP contribution in [0.4, 0.5) is 0 Å². The molecule has 0 N–H and O–H groups in total. The molecule has 0 unspecified atom stereocenters. The number of ether oxygens (including phenoxy) is 3. The number of carbonyl (C=O) groups is 1. The molecular formula is C26H25ClO4. The molecule has 5 heteroatoms. The number of rotatable bonds is 8. The summed E-state index contributed by atoms with van der Waals surface area (Å²) in [5, 5.41) is 0.748. The van der Waals surface area contributed by atoms with E-state index in [-0.39, 0.29) is 5.78 Å². The van der Waals surface area contributed by atoms with E-state index in [0.29, 0.717) is 17.9 Å². The van der Waals surface area contributed by atoms with Crippen LogP contribution in [0.5, 0.6) is 17.2 Å².